The van der Waals surface area contributed by atoms with Crippen LogP contribution in [0.15, 0.2) is 24.3 Å². The Morgan fingerprint density at radius 3 is 2.08 bits per heavy atom. The van der Waals surface area contributed by atoms with E-state index in [4.69, 9.17) is 0 Å². The van der Waals surface area contributed by atoms with Crippen LogP contribution in [0.3, 0.4) is 0 Å². The van der Waals surface area contributed by atoms with Crippen molar-refractivity contribution in [2.45, 2.75) is 19.9 Å². The molecule has 1 aromatic carbocycles. The fourth-order valence-electron chi connectivity index (χ4n) is 0.974. The van der Waals surface area contributed by atoms with Crippen LogP contribution in [-0.2, 0) is 0 Å². The van der Waals surface area contributed by atoms with Crippen LogP contribution < -0.4 is 4.90 Å². The molecule has 0 N–H and O–H groups in total. The highest BCUT2D eigenvalue weighted by Gasteiger charge is 2.03. The Morgan fingerprint density at radius 2 is 1.67 bits per heavy atom. The molecule has 0 unspecified atom stereocenters. The molecule has 1 aromatic rings. The van der Waals surface area contributed by atoms with Crippen molar-refractivity contribution in [1.29, 1.82) is 0 Å². The molecular formula is C10H14FN. The molecule has 1 rings (SSSR count). The zero-order valence-electron chi connectivity index (χ0n) is 7.71. The molecule has 66 valence electrons. The second-order valence-electron chi connectivity index (χ2n) is 3.18. The summed E-state index contributed by atoms with van der Waals surface area (Å²) in [6.07, 6.45) is 0. The Hall–Kier alpha value is -1.05. The maximum absolute atomic E-state index is 12.5. The topological polar surface area (TPSA) is 3.24 Å². The molecule has 0 aliphatic carbocycles. The number of hydrogen-bond acceptors (Lipinski definition) is 1. The van der Waals surface area contributed by atoms with Crippen LogP contribution in [0.2, 0.25) is 0 Å². The van der Waals surface area contributed by atoms with Crippen molar-refractivity contribution in [1.82, 2.24) is 0 Å². The van der Waals surface area contributed by atoms with E-state index in [1.807, 2.05) is 7.05 Å². The van der Waals surface area contributed by atoms with Crippen molar-refractivity contribution in [3.63, 3.8) is 0 Å². The minimum atomic E-state index is -0.184. The number of benzene rings is 1. The maximum atomic E-state index is 12.5. The van der Waals surface area contributed by atoms with Crippen LogP contribution in [0.5, 0.6) is 0 Å². The summed E-state index contributed by atoms with van der Waals surface area (Å²) in [5.41, 5.74) is 1.05. The van der Waals surface area contributed by atoms with Crippen LogP contribution in [0.1, 0.15) is 13.8 Å². The lowest BCUT2D eigenvalue weighted by molar-refractivity contribution is 0.627. The first-order valence-corrected chi connectivity index (χ1v) is 4.09. The lowest BCUT2D eigenvalue weighted by atomic mass is 10.2. The maximum Gasteiger partial charge on any atom is 0.123 e. The average Bonchev–Trinajstić information content (AvgIpc) is 2.04. The van der Waals surface area contributed by atoms with E-state index >= 15 is 0 Å². The van der Waals surface area contributed by atoms with Crippen molar-refractivity contribution in [2.75, 3.05) is 11.9 Å². The average molecular weight is 167 g/mol. The molecule has 0 aromatic heterocycles. The van der Waals surface area contributed by atoms with Gasteiger partial charge in [-0.2, -0.15) is 0 Å². The zero-order chi connectivity index (χ0) is 9.14. The Bertz CT molecular complexity index is 241. The van der Waals surface area contributed by atoms with E-state index in [1.54, 1.807) is 12.1 Å². The number of hydrogen-bond donors (Lipinski definition) is 0. The Morgan fingerprint density at radius 1 is 1.17 bits per heavy atom. The first-order valence-electron chi connectivity index (χ1n) is 4.09. The predicted molar refractivity (Wildman–Crippen MR) is 49.9 cm³/mol. The third-order valence-electron chi connectivity index (χ3n) is 2.01. The molecule has 12 heavy (non-hydrogen) atoms. The van der Waals surface area contributed by atoms with Gasteiger partial charge in [-0.15, -0.1) is 0 Å². The highest BCUT2D eigenvalue weighted by Crippen LogP contribution is 2.14. The van der Waals surface area contributed by atoms with Crippen LogP contribution in [0.4, 0.5) is 10.1 Å². The van der Waals surface area contributed by atoms with Gasteiger partial charge in [-0.05, 0) is 38.1 Å². The second-order valence-corrected chi connectivity index (χ2v) is 3.18. The number of halogens is 1. The van der Waals surface area contributed by atoms with Crippen LogP contribution >= 0.6 is 0 Å². The molecule has 0 radical (unpaired) electrons. The molecule has 0 heterocycles. The molecule has 2 heteroatoms. The number of rotatable bonds is 2. The van der Waals surface area contributed by atoms with Crippen LogP contribution in [0.25, 0.3) is 0 Å². The molecule has 0 fully saturated rings. The zero-order valence-corrected chi connectivity index (χ0v) is 7.71. The molecule has 0 bridgehead atoms. The normalized spacial score (nSPS) is 10.4. The molecule has 0 aliphatic rings. The molecular weight excluding hydrogens is 153 g/mol. The highest BCUT2D eigenvalue weighted by atomic mass is 19.1. The van der Waals surface area contributed by atoms with E-state index in [9.17, 15) is 4.39 Å². The van der Waals surface area contributed by atoms with Gasteiger partial charge in [0.25, 0.3) is 0 Å². The first-order chi connectivity index (χ1) is 5.61. The molecule has 0 saturated heterocycles. The van der Waals surface area contributed by atoms with Crippen molar-refractivity contribution in [3.05, 3.63) is 30.1 Å². The van der Waals surface area contributed by atoms with Gasteiger partial charge in [-0.3, -0.25) is 0 Å². The monoisotopic (exact) mass is 167 g/mol. The van der Waals surface area contributed by atoms with Crippen LogP contribution in [0, 0.1) is 5.82 Å². The number of anilines is 1. The summed E-state index contributed by atoms with van der Waals surface area (Å²) >= 11 is 0. The number of nitrogens with zero attached hydrogens (tertiary/aromatic N) is 1. The van der Waals surface area contributed by atoms with E-state index in [0.29, 0.717) is 6.04 Å². The van der Waals surface area contributed by atoms with Gasteiger partial charge in [-0.1, -0.05) is 0 Å². The summed E-state index contributed by atoms with van der Waals surface area (Å²) in [4.78, 5) is 2.10. The van der Waals surface area contributed by atoms with E-state index in [2.05, 4.69) is 18.7 Å². The Balaban J connectivity index is 2.82. The standard InChI is InChI=1S/C10H14FN/c1-8(2)12(3)10-6-4-9(11)5-7-10/h4-8H,1-3H3. The minimum Gasteiger partial charge on any atom is -0.372 e. The van der Waals surface area contributed by atoms with E-state index in [-0.39, 0.29) is 5.82 Å². The van der Waals surface area contributed by atoms with Gasteiger partial charge >= 0.3 is 0 Å². The van der Waals surface area contributed by atoms with Crippen LogP contribution in [-0.4, -0.2) is 13.1 Å². The fourth-order valence-corrected chi connectivity index (χ4v) is 0.974. The van der Waals surface area contributed by atoms with Gasteiger partial charge in [0, 0.05) is 18.8 Å². The van der Waals surface area contributed by atoms with Crippen molar-refractivity contribution >= 4 is 5.69 Å². The smallest absolute Gasteiger partial charge is 0.123 e. The van der Waals surface area contributed by atoms with Gasteiger partial charge < -0.3 is 4.90 Å². The summed E-state index contributed by atoms with van der Waals surface area (Å²) in [6, 6.07) is 6.98. The summed E-state index contributed by atoms with van der Waals surface area (Å²) in [6.45, 7) is 4.20. The van der Waals surface area contributed by atoms with Gasteiger partial charge in [0.05, 0.1) is 0 Å². The Labute approximate surface area is 72.8 Å². The SMILES string of the molecule is CC(C)N(C)c1ccc(F)cc1. The van der Waals surface area contributed by atoms with E-state index < -0.39 is 0 Å². The third-order valence-corrected chi connectivity index (χ3v) is 2.01. The molecule has 0 spiro atoms. The predicted octanol–water partition coefficient (Wildman–Crippen LogP) is 2.67. The van der Waals surface area contributed by atoms with Crippen molar-refractivity contribution in [3.8, 4) is 0 Å². The highest BCUT2D eigenvalue weighted by molar-refractivity contribution is 5.45. The largest absolute Gasteiger partial charge is 0.372 e. The molecule has 0 saturated carbocycles. The fraction of sp³-hybridized carbons (Fsp3) is 0.400. The van der Waals surface area contributed by atoms with Gasteiger partial charge in [-0.25, -0.2) is 4.39 Å². The lowest BCUT2D eigenvalue weighted by Gasteiger charge is -2.23. The lowest BCUT2D eigenvalue weighted by Crippen LogP contribution is -2.25. The molecule has 1 nitrogen and oxygen atoms in total. The summed E-state index contributed by atoms with van der Waals surface area (Å²) in [5, 5.41) is 0. The quantitative estimate of drug-likeness (QED) is 0.654. The summed E-state index contributed by atoms with van der Waals surface area (Å²) < 4.78 is 12.5. The Kier molecular flexibility index (Phi) is 2.69. The first kappa shape index (κ1) is 9.04. The van der Waals surface area contributed by atoms with E-state index in [1.165, 1.54) is 12.1 Å². The van der Waals surface area contributed by atoms with Crippen molar-refractivity contribution in [2.24, 2.45) is 0 Å². The summed E-state index contributed by atoms with van der Waals surface area (Å²) in [5.74, 6) is -0.184. The van der Waals surface area contributed by atoms with Gasteiger partial charge in [0.2, 0.25) is 0 Å². The second kappa shape index (κ2) is 3.57. The molecule has 0 atom stereocenters. The van der Waals surface area contributed by atoms with E-state index in [0.717, 1.165) is 5.69 Å². The minimum absolute atomic E-state index is 0.184. The summed E-state index contributed by atoms with van der Waals surface area (Å²) in [7, 11) is 2.00. The van der Waals surface area contributed by atoms with Gasteiger partial charge in [0.1, 0.15) is 5.82 Å². The molecule has 0 amide bonds. The molecule has 0 aliphatic heterocycles. The van der Waals surface area contributed by atoms with Crippen molar-refractivity contribution < 1.29 is 4.39 Å². The third kappa shape index (κ3) is 1.97. The van der Waals surface area contributed by atoms with Gasteiger partial charge in [0.15, 0.2) is 0 Å².